The molecule has 0 saturated carbocycles. The van der Waals surface area contributed by atoms with E-state index < -0.39 is 0 Å². The van der Waals surface area contributed by atoms with Crippen molar-refractivity contribution in [1.82, 2.24) is 0 Å². The van der Waals surface area contributed by atoms with Crippen LogP contribution in [0.4, 0.5) is 0 Å². The molecule has 0 aliphatic carbocycles. The maximum atomic E-state index is 6.09. The van der Waals surface area contributed by atoms with Crippen LogP contribution in [0.1, 0.15) is 44.2 Å². The van der Waals surface area contributed by atoms with Crippen molar-refractivity contribution >= 4 is 11.6 Å². The minimum absolute atomic E-state index is 0.456. The molecule has 2 N–H and O–H groups in total. The third-order valence-corrected chi connectivity index (χ3v) is 2.63. The van der Waals surface area contributed by atoms with Gasteiger partial charge in [-0.15, -0.1) is 0 Å². The minimum Gasteiger partial charge on any atom is -0.330 e. The van der Waals surface area contributed by atoms with Gasteiger partial charge in [0.1, 0.15) is 0 Å². The highest BCUT2D eigenvalue weighted by Crippen LogP contribution is 2.27. The molecule has 0 amide bonds. The molecule has 0 radical (unpaired) electrons. The van der Waals surface area contributed by atoms with Gasteiger partial charge in [-0.1, -0.05) is 50.1 Å². The summed E-state index contributed by atoms with van der Waals surface area (Å²) in [5.74, 6) is 0.456. The summed E-state index contributed by atoms with van der Waals surface area (Å²) in [7, 11) is 0. The number of nitrogens with two attached hydrogens (primary N) is 1. The normalized spacial score (nSPS) is 11.6. The quantitative estimate of drug-likeness (QED) is 0.826. The van der Waals surface area contributed by atoms with E-state index in [1.165, 1.54) is 11.1 Å². The first kappa shape index (κ1) is 14.5. The van der Waals surface area contributed by atoms with Gasteiger partial charge in [0.05, 0.1) is 0 Å². The largest absolute Gasteiger partial charge is 0.330 e. The Morgan fingerprint density at radius 1 is 1.33 bits per heavy atom. The number of benzene rings is 1. The number of hydrogen-bond donors (Lipinski definition) is 1. The molecular weight excluding hydrogens is 206 g/mol. The van der Waals surface area contributed by atoms with Crippen LogP contribution in [0.25, 0.3) is 0 Å². The maximum absolute atomic E-state index is 6.09. The Bertz CT molecular complexity index is 284. The third kappa shape index (κ3) is 4.67. The van der Waals surface area contributed by atoms with E-state index in [1.54, 1.807) is 0 Å². The summed E-state index contributed by atoms with van der Waals surface area (Å²) in [4.78, 5) is 0. The number of halogens is 1. The fourth-order valence-corrected chi connectivity index (χ4v) is 1.75. The van der Waals surface area contributed by atoms with Crippen molar-refractivity contribution in [3.8, 4) is 0 Å². The van der Waals surface area contributed by atoms with Crippen molar-refractivity contribution in [3.63, 3.8) is 0 Å². The van der Waals surface area contributed by atoms with Gasteiger partial charge in [0.15, 0.2) is 0 Å². The van der Waals surface area contributed by atoms with Crippen molar-refractivity contribution in [3.05, 3.63) is 34.3 Å². The predicted octanol–water partition coefficient (Wildman–Crippen LogP) is 4.13. The lowest BCUT2D eigenvalue weighted by molar-refractivity contribution is 0.690. The zero-order valence-electron chi connectivity index (χ0n) is 10.2. The minimum atomic E-state index is 0.456. The molecule has 0 fully saturated rings. The lowest BCUT2D eigenvalue weighted by Gasteiger charge is -2.12. The predicted molar refractivity (Wildman–Crippen MR) is 69.6 cm³/mol. The first-order valence-electron chi connectivity index (χ1n) is 5.61. The molecule has 0 aliphatic rings. The number of rotatable bonds is 3. The molecule has 0 aliphatic heterocycles. The van der Waals surface area contributed by atoms with Crippen molar-refractivity contribution in [1.29, 1.82) is 0 Å². The molecule has 15 heavy (non-hydrogen) atoms. The van der Waals surface area contributed by atoms with E-state index in [9.17, 15) is 0 Å². The van der Waals surface area contributed by atoms with Crippen LogP contribution < -0.4 is 5.73 Å². The Morgan fingerprint density at radius 3 is 2.47 bits per heavy atom. The maximum Gasteiger partial charge on any atom is 0.0440 e. The SMILES string of the molecule is CC.Cc1ccc(Cl)c(C(C)CCN)c1. The summed E-state index contributed by atoms with van der Waals surface area (Å²) in [6, 6.07) is 6.13. The molecule has 2 heteroatoms. The molecule has 1 nitrogen and oxygen atoms in total. The van der Waals surface area contributed by atoms with Gasteiger partial charge in [0.2, 0.25) is 0 Å². The van der Waals surface area contributed by atoms with Gasteiger partial charge in [-0.25, -0.2) is 0 Å². The molecule has 86 valence electrons. The Kier molecular flexibility index (Phi) is 7.45. The van der Waals surface area contributed by atoms with E-state index in [2.05, 4.69) is 19.9 Å². The molecule has 0 spiro atoms. The average Bonchev–Trinajstić information content (AvgIpc) is 2.25. The van der Waals surface area contributed by atoms with Crippen LogP contribution in [0.15, 0.2) is 18.2 Å². The van der Waals surface area contributed by atoms with Gasteiger partial charge < -0.3 is 5.73 Å². The molecule has 1 unspecified atom stereocenters. The molecule has 1 aromatic rings. The van der Waals surface area contributed by atoms with E-state index in [1.807, 2.05) is 26.0 Å². The van der Waals surface area contributed by atoms with E-state index in [0.29, 0.717) is 12.5 Å². The van der Waals surface area contributed by atoms with Gasteiger partial charge in [-0.3, -0.25) is 0 Å². The second-order valence-corrected chi connectivity index (χ2v) is 3.91. The van der Waals surface area contributed by atoms with Crippen molar-refractivity contribution < 1.29 is 0 Å². The van der Waals surface area contributed by atoms with Crippen LogP contribution in [-0.4, -0.2) is 6.54 Å². The lowest BCUT2D eigenvalue weighted by atomic mass is 9.96. The summed E-state index contributed by atoms with van der Waals surface area (Å²) >= 11 is 6.09. The Morgan fingerprint density at radius 2 is 1.93 bits per heavy atom. The second-order valence-electron chi connectivity index (χ2n) is 3.50. The van der Waals surface area contributed by atoms with Gasteiger partial charge in [0.25, 0.3) is 0 Å². The fourth-order valence-electron chi connectivity index (χ4n) is 1.45. The van der Waals surface area contributed by atoms with Gasteiger partial charge >= 0.3 is 0 Å². The van der Waals surface area contributed by atoms with Crippen molar-refractivity contribution in [2.75, 3.05) is 6.54 Å². The summed E-state index contributed by atoms with van der Waals surface area (Å²) in [6.07, 6.45) is 0.989. The molecular formula is C13H22ClN. The van der Waals surface area contributed by atoms with Crippen LogP contribution in [-0.2, 0) is 0 Å². The summed E-state index contributed by atoms with van der Waals surface area (Å²) < 4.78 is 0. The smallest absolute Gasteiger partial charge is 0.0440 e. The fraction of sp³-hybridized carbons (Fsp3) is 0.538. The van der Waals surface area contributed by atoms with Gasteiger partial charge in [-0.2, -0.15) is 0 Å². The van der Waals surface area contributed by atoms with E-state index in [-0.39, 0.29) is 0 Å². The monoisotopic (exact) mass is 227 g/mol. The highest BCUT2D eigenvalue weighted by molar-refractivity contribution is 6.31. The summed E-state index contributed by atoms with van der Waals surface area (Å²) in [5, 5.41) is 0.853. The Hall–Kier alpha value is -0.530. The average molecular weight is 228 g/mol. The van der Waals surface area contributed by atoms with Crippen molar-refractivity contribution in [2.24, 2.45) is 5.73 Å². The van der Waals surface area contributed by atoms with E-state index in [4.69, 9.17) is 17.3 Å². The zero-order chi connectivity index (χ0) is 11.8. The topological polar surface area (TPSA) is 26.0 Å². The Labute approximate surface area is 98.6 Å². The second kappa shape index (κ2) is 7.72. The molecule has 0 aromatic heterocycles. The lowest BCUT2D eigenvalue weighted by Crippen LogP contribution is -2.05. The Balaban J connectivity index is 0.000000921. The third-order valence-electron chi connectivity index (χ3n) is 2.28. The molecule has 0 heterocycles. The van der Waals surface area contributed by atoms with Crippen LogP contribution in [0.3, 0.4) is 0 Å². The molecule has 1 atom stereocenters. The van der Waals surface area contributed by atoms with E-state index in [0.717, 1.165) is 11.4 Å². The van der Waals surface area contributed by atoms with Crippen LogP contribution >= 0.6 is 11.6 Å². The standard InChI is InChI=1S/C11H16ClN.C2H6/c1-8-3-4-11(12)10(7-8)9(2)5-6-13;1-2/h3-4,7,9H,5-6,13H2,1-2H3;1-2H3. The highest BCUT2D eigenvalue weighted by atomic mass is 35.5. The van der Waals surface area contributed by atoms with Crippen molar-refractivity contribution in [2.45, 2.75) is 40.0 Å². The number of aryl methyl sites for hydroxylation is 1. The summed E-state index contributed by atoms with van der Waals surface area (Å²) in [5.41, 5.74) is 7.98. The number of hydrogen-bond acceptors (Lipinski definition) is 1. The van der Waals surface area contributed by atoms with E-state index >= 15 is 0 Å². The molecule has 1 aromatic carbocycles. The first-order valence-corrected chi connectivity index (χ1v) is 5.99. The van der Waals surface area contributed by atoms with Crippen LogP contribution in [0.5, 0.6) is 0 Å². The molecule has 0 saturated heterocycles. The highest BCUT2D eigenvalue weighted by Gasteiger charge is 2.08. The zero-order valence-corrected chi connectivity index (χ0v) is 10.9. The van der Waals surface area contributed by atoms with Gasteiger partial charge in [0, 0.05) is 5.02 Å². The summed E-state index contributed by atoms with van der Waals surface area (Å²) in [6.45, 7) is 8.95. The molecule has 0 bridgehead atoms. The first-order chi connectivity index (χ1) is 7.15. The van der Waals surface area contributed by atoms with Crippen LogP contribution in [0.2, 0.25) is 5.02 Å². The molecule has 1 rings (SSSR count). The van der Waals surface area contributed by atoms with Crippen LogP contribution in [0, 0.1) is 6.92 Å². The van der Waals surface area contributed by atoms with Gasteiger partial charge in [-0.05, 0) is 37.4 Å².